The fourth-order valence-corrected chi connectivity index (χ4v) is 2.68. The van der Waals surface area contributed by atoms with Gasteiger partial charge in [-0.05, 0) is 45.9 Å². The second-order valence-electron chi connectivity index (χ2n) is 3.42. The van der Waals surface area contributed by atoms with E-state index >= 15 is 0 Å². The molecule has 0 saturated heterocycles. The van der Waals surface area contributed by atoms with E-state index in [9.17, 15) is 10.1 Å². The summed E-state index contributed by atoms with van der Waals surface area (Å²) in [7, 11) is 1.71. The molecule has 0 spiro atoms. The zero-order valence-electron chi connectivity index (χ0n) is 9.83. The standard InChI is InChI=1S/C11H9BrN4O2S/c1-13-9-5-4-8(16(17)18)11(15-9)19-10-7(12)3-2-6-14-10/h2-6H,1H3,(H,13,15). The second kappa shape index (κ2) is 5.98. The number of nitrogens with one attached hydrogen (secondary N) is 1. The first-order valence-electron chi connectivity index (χ1n) is 5.23. The van der Waals surface area contributed by atoms with E-state index in [4.69, 9.17) is 0 Å². The van der Waals surface area contributed by atoms with Gasteiger partial charge in [0.15, 0.2) is 5.03 Å². The minimum absolute atomic E-state index is 0.0402. The first-order valence-corrected chi connectivity index (χ1v) is 6.84. The van der Waals surface area contributed by atoms with E-state index in [1.54, 1.807) is 25.4 Å². The van der Waals surface area contributed by atoms with Crippen LogP contribution < -0.4 is 5.32 Å². The predicted molar refractivity (Wildman–Crippen MR) is 76.5 cm³/mol. The predicted octanol–water partition coefficient (Wildman–Crippen LogP) is 3.34. The van der Waals surface area contributed by atoms with Gasteiger partial charge in [-0.15, -0.1) is 0 Å². The Labute approximate surface area is 121 Å². The van der Waals surface area contributed by atoms with Crippen LogP contribution in [0.5, 0.6) is 0 Å². The molecule has 6 nitrogen and oxygen atoms in total. The van der Waals surface area contributed by atoms with Gasteiger partial charge in [0.1, 0.15) is 10.8 Å². The molecule has 0 unspecified atom stereocenters. The highest BCUT2D eigenvalue weighted by Gasteiger charge is 2.18. The molecule has 98 valence electrons. The fourth-order valence-electron chi connectivity index (χ4n) is 1.32. The van der Waals surface area contributed by atoms with E-state index < -0.39 is 4.92 Å². The molecule has 0 aliphatic carbocycles. The summed E-state index contributed by atoms with van der Waals surface area (Å²) in [5.74, 6) is 0.570. The van der Waals surface area contributed by atoms with E-state index in [1.165, 1.54) is 6.07 Å². The second-order valence-corrected chi connectivity index (χ2v) is 5.25. The Morgan fingerprint density at radius 3 is 2.79 bits per heavy atom. The number of hydrogen-bond donors (Lipinski definition) is 1. The Morgan fingerprint density at radius 2 is 2.16 bits per heavy atom. The number of anilines is 1. The van der Waals surface area contributed by atoms with Gasteiger partial charge in [-0.2, -0.15) is 0 Å². The third kappa shape index (κ3) is 3.21. The van der Waals surface area contributed by atoms with Gasteiger partial charge in [0.25, 0.3) is 0 Å². The zero-order chi connectivity index (χ0) is 13.8. The van der Waals surface area contributed by atoms with Crippen LogP contribution in [0.4, 0.5) is 11.5 Å². The lowest BCUT2D eigenvalue weighted by Gasteiger charge is -2.05. The van der Waals surface area contributed by atoms with Crippen LogP contribution in [0.25, 0.3) is 0 Å². The first-order chi connectivity index (χ1) is 9.11. The minimum Gasteiger partial charge on any atom is -0.373 e. The smallest absolute Gasteiger partial charge is 0.301 e. The summed E-state index contributed by atoms with van der Waals surface area (Å²) in [6.07, 6.45) is 1.63. The monoisotopic (exact) mass is 340 g/mol. The van der Waals surface area contributed by atoms with Gasteiger partial charge in [0.05, 0.1) is 9.40 Å². The molecule has 2 rings (SSSR count). The maximum atomic E-state index is 11.0. The SMILES string of the molecule is CNc1ccc([N+](=O)[O-])c(Sc2ncccc2Br)n1. The van der Waals surface area contributed by atoms with Crippen LogP contribution in [0.15, 0.2) is 45.0 Å². The highest BCUT2D eigenvalue weighted by Crippen LogP contribution is 2.36. The van der Waals surface area contributed by atoms with Crippen molar-refractivity contribution < 1.29 is 4.92 Å². The molecule has 0 bridgehead atoms. The summed E-state index contributed by atoms with van der Waals surface area (Å²) in [4.78, 5) is 18.9. The molecule has 0 atom stereocenters. The Bertz CT molecular complexity index is 623. The Hall–Kier alpha value is -1.67. The van der Waals surface area contributed by atoms with Crippen molar-refractivity contribution >= 4 is 39.2 Å². The van der Waals surface area contributed by atoms with Gasteiger partial charge < -0.3 is 5.32 Å². The van der Waals surface area contributed by atoms with E-state index in [0.717, 1.165) is 16.2 Å². The van der Waals surface area contributed by atoms with Gasteiger partial charge in [-0.25, -0.2) is 9.97 Å². The van der Waals surface area contributed by atoms with Crippen LogP contribution in [0, 0.1) is 10.1 Å². The molecular weight excluding hydrogens is 332 g/mol. The molecule has 0 saturated carbocycles. The van der Waals surface area contributed by atoms with Crippen molar-refractivity contribution in [2.75, 3.05) is 12.4 Å². The topological polar surface area (TPSA) is 81.0 Å². The van der Waals surface area contributed by atoms with Crippen molar-refractivity contribution in [2.45, 2.75) is 10.1 Å². The van der Waals surface area contributed by atoms with Crippen molar-refractivity contribution in [3.05, 3.63) is 45.0 Å². The number of rotatable bonds is 4. The summed E-state index contributed by atoms with van der Waals surface area (Å²) in [6, 6.07) is 6.59. The molecule has 19 heavy (non-hydrogen) atoms. The molecule has 2 aromatic rings. The lowest BCUT2D eigenvalue weighted by molar-refractivity contribution is -0.388. The average molecular weight is 341 g/mol. The van der Waals surface area contributed by atoms with Gasteiger partial charge in [0, 0.05) is 19.3 Å². The number of pyridine rings is 2. The fraction of sp³-hybridized carbons (Fsp3) is 0.0909. The normalized spacial score (nSPS) is 10.2. The van der Waals surface area contributed by atoms with Gasteiger partial charge in [-0.1, -0.05) is 0 Å². The van der Waals surface area contributed by atoms with E-state index in [0.29, 0.717) is 15.9 Å². The van der Waals surface area contributed by atoms with Gasteiger partial charge in [-0.3, -0.25) is 10.1 Å². The molecule has 0 aliphatic heterocycles. The zero-order valence-corrected chi connectivity index (χ0v) is 12.2. The maximum absolute atomic E-state index is 11.0. The molecule has 1 N–H and O–H groups in total. The summed E-state index contributed by atoms with van der Waals surface area (Å²) in [5.41, 5.74) is -0.0402. The summed E-state index contributed by atoms with van der Waals surface area (Å²) in [6.45, 7) is 0. The van der Waals surface area contributed by atoms with Crippen molar-refractivity contribution in [3.8, 4) is 0 Å². The molecule has 0 aromatic carbocycles. The number of nitro groups is 1. The summed E-state index contributed by atoms with van der Waals surface area (Å²) >= 11 is 4.50. The third-order valence-corrected chi connectivity index (χ3v) is 4.13. The highest BCUT2D eigenvalue weighted by molar-refractivity contribution is 9.10. The number of aromatic nitrogens is 2. The van der Waals surface area contributed by atoms with E-state index in [2.05, 4.69) is 31.2 Å². The maximum Gasteiger partial charge on any atom is 0.301 e. The van der Waals surface area contributed by atoms with Crippen LogP contribution in [0.1, 0.15) is 0 Å². The third-order valence-electron chi connectivity index (χ3n) is 2.21. The van der Waals surface area contributed by atoms with Crippen LogP contribution in [-0.2, 0) is 0 Å². The number of nitrogens with zero attached hydrogens (tertiary/aromatic N) is 3. The van der Waals surface area contributed by atoms with Gasteiger partial charge >= 0.3 is 5.69 Å². The quantitative estimate of drug-likeness (QED) is 0.679. The largest absolute Gasteiger partial charge is 0.373 e. The molecule has 0 fully saturated rings. The van der Waals surface area contributed by atoms with E-state index in [-0.39, 0.29) is 5.69 Å². The molecule has 2 heterocycles. The molecular formula is C11H9BrN4O2S. The molecule has 2 aromatic heterocycles. The van der Waals surface area contributed by atoms with Crippen LogP contribution in [0.2, 0.25) is 0 Å². The summed E-state index contributed by atoms with van der Waals surface area (Å²) < 4.78 is 0.769. The van der Waals surface area contributed by atoms with Crippen LogP contribution in [-0.4, -0.2) is 21.9 Å². The lowest BCUT2D eigenvalue weighted by atomic mass is 10.4. The van der Waals surface area contributed by atoms with E-state index in [1.807, 2.05) is 6.07 Å². The number of halogens is 1. The molecule has 8 heteroatoms. The number of hydrogen-bond acceptors (Lipinski definition) is 6. The van der Waals surface area contributed by atoms with Crippen LogP contribution in [0.3, 0.4) is 0 Å². The van der Waals surface area contributed by atoms with Gasteiger partial charge in [0.2, 0.25) is 0 Å². The summed E-state index contributed by atoms with van der Waals surface area (Å²) in [5, 5.41) is 14.8. The van der Waals surface area contributed by atoms with Crippen molar-refractivity contribution in [1.29, 1.82) is 0 Å². The Kier molecular flexibility index (Phi) is 4.33. The van der Waals surface area contributed by atoms with Crippen molar-refractivity contribution in [2.24, 2.45) is 0 Å². The Morgan fingerprint density at radius 1 is 1.37 bits per heavy atom. The molecule has 0 amide bonds. The minimum atomic E-state index is -0.453. The molecule has 0 radical (unpaired) electrons. The first kappa shape index (κ1) is 13.8. The average Bonchev–Trinajstić information content (AvgIpc) is 2.41. The lowest BCUT2D eigenvalue weighted by Crippen LogP contribution is -1.98. The van der Waals surface area contributed by atoms with Crippen molar-refractivity contribution in [3.63, 3.8) is 0 Å². The Balaban J connectivity index is 2.43. The van der Waals surface area contributed by atoms with Crippen LogP contribution >= 0.6 is 27.7 Å². The highest BCUT2D eigenvalue weighted by atomic mass is 79.9. The van der Waals surface area contributed by atoms with Crippen molar-refractivity contribution in [1.82, 2.24) is 9.97 Å². The molecule has 0 aliphatic rings.